The van der Waals surface area contributed by atoms with Crippen molar-refractivity contribution >= 4 is 11.6 Å². The summed E-state index contributed by atoms with van der Waals surface area (Å²) in [5.41, 5.74) is 1.25. The predicted molar refractivity (Wildman–Crippen MR) is 70.0 cm³/mol. The highest BCUT2D eigenvalue weighted by atomic mass is 35.5. The normalized spacial score (nSPS) is 24.5. The molecule has 1 fully saturated rings. The lowest BCUT2D eigenvalue weighted by Crippen LogP contribution is -2.01. The minimum absolute atomic E-state index is 0.441. The number of rotatable bonds is 5. The molecule has 0 aliphatic carbocycles. The summed E-state index contributed by atoms with van der Waals surface area (Å²) >= 11 is 6.13. The van der Waals surface area contributed by atoms with E-state index >= 15 is 0 Å². The fraction of sp³-hybridized carbons (Fsp3) is 0.571. The van der Waals surface area contributed by atoms with E-state index in [4.69, 9.17) is 21.1 Å². The van der Waals surface area contributed by atoms with Gasteiger partial charge in [0.25, 0.3) is 0 Å². The Labute approximate surface area is 108 Å². The van der Waals surface area contributed by atoms with E-state index in [1.54, 1.807) is 7.11 Å². The van der Waals surface area contributed by atoms with E-state index in [1.807, 2.05) is 12.1 Å². The van der Waals surface area contributed by atoms with Crippen molar-refractivity contribution < 1.29 is 9.47 Å². The zero-order chi connectivity index (χ0) is 12.4. The molecule has 3 heteroatoms. The first-order chi connectivity index (χ1) is 8.15. The third-order valence-electron chi connectivity index (χ3n) is 3.42. The molecule has 17 heavy (non-hydrogen) atoms. The minimum Gasteiger partial charge on any atom is -0.495 e. The van der Waals surface area contributed by atoms with E-state index in [1.165, 1.54) is 5.56 Å². The van der Waals surface area contributed by atoms with Gasteiger partial charge in [-0.3, -0.25) is 0 Å². The molecule has 1 saturated heterocycles. The van der Waals surface area contributed by atoms with E-state index in [2.05, 4.69) is 19.9 Å². The summed E-state index contributed by atoms with van der Waals surface area (Å²) in [5.74, 6) is 1.21. The first-order valence-electron chi connectivity index (χ1n) is 6.14. The van der Waals surface area contributed by atoms with Gasteiger partial charge in [0.15, 0.2) is 0 Å². The molecule has 1 aromatic rings. The molecule has 1 aliphatic heterocycles. The molecule has 3 unspecified atom stereocenters. The molecule has 1 heterocycles. The predicted octanol–water partition coefficient (Wildman–Crippen LogP) is 4.02. The van der Waals surface area contributed by atoms with Crippen LogP contribution in [0.3, 0.4) is 0 Å². The molecule has 1 aromatic carbocycles. The smallest absolute Gasteiger partial charge is 0.137 e. The van der Waals surface area contributed by atoms with Crippen LogP contribution in [0.15, 0.2) is 18.2 Å². The molecule has 3 atom stereocenters. The third kappa shape index (κ3) is 2.93. The van der Waals surface area contributed by atoms with E-state index in [-0.39, 0.29) is 0 Å². The Hall–Kier alpha value is -0.730. The van der Waals surface area contributed by atoms with Crippen LogP contribution in [0.25, 0.3) is 0 Å². The summed E-state index contributed by atoms with van der Waals surface area (Å²) in [5, 5.41) is 0.681. The summed E-state index contributed by atoms with van der Waals surface area (Å²) in [7, 11) is 1.63. The lowest BCUT2D eigenvalue weighted by Gasteiger charge is -2.12. The van der Waals surface area contributed by atoms with Gasteiger partial charge in [-0.15, -0.1) is 0 Å². The van der Waals surface area contributed by atoms with Crippen LogP contribution < -0.4 is 4.74 Å². The van der Waals surface area contributed by atoms with Crippen LogP contribution in [0.1, 0.15) is 38.2 Å². The Kier molecular flexibility index (Phi) is 3.95. The molecule has 1 aliphatic rings. The van der Waals surface area contributed by atoms with Crippen LogP contribution in [0.2, 0.25) is 5.02 Å². The van der Waals surface area contributed by atoms with Crippen LogP contribution in [0, 0.1) is 0 Å². The third-order valence-corrected chi connectivity index (χ3v) is 3.72. The van der Waals surface area contributed by atoms with E-state index in [9.17, 15) is 0 Å². The Morgan fingerprint density at radius 2 is 2.18 bits per heavy atom. The lowest BCUT2D eigenvalue weighted by molar-refractivity contribution is 0.353. The number of epoxide rings is 1. The second kappa shape index (κ2) is 5.28. The van der Waals surface area contributed by atoms with Crippen molar-refractivity contribution in [2.45, 2.75) is 44.8 Å². The van der Waals surface area contributed by atoms with Gasteiger partial charge in [-0.2, -0.15) is 0 Å². The van der Waals surface area contributed by atoms with Gasteiger partial charge in [-0.1, -0.05) is 31.5 Å². The molecule has 0 amide bonds. The quantitative estimate of drug-likeness (QED) is 0.741. The molecule has 0 spiro atoms. The second-order valence-electron chi connectivity index (χ2n) is 4.65. The van der Waals surface area contributed by atoms with E-state index in [0.717, 1.165) is 18.6 Å². The summed E-state index contributed by atoms with van der Waals surface area (Å²) in [4.78, 5) is 0. The van der Waals surface area contributed by atoms with Gasteiger partial charge in [0.2, 0.25) is 0 Å². The zero-order valence-electron chi connectivity index (χ0n) is 10.6. The number of methoxy groups -OCH3 is 1. The largest absolute Gasteiger partial charge is 0.495 e. The maximum absolute atomic E-state index is 6.13. The molecule has 0 N–H and O–H groups in total. The summed E-state index contributed by atoms with van der Waals surface area (Å²) < 4.78 is 10.7. The molecule has 94 valence electrons. The van der Waals surface area contributed by atoms with Gasteiger partial charge >= 0.3 is 0 Å². The van der Waals surface area contributed by atoms with Crippen molar-refractivity contribution in [3.63, 3.8) is 0 Å². The van der Waals surface area contributed by atoms with Crippen molar-refractivity contribution in [2.75, 3.05) is 7.11 Å². The van der Waals surface area contributed by atoms with Gasteiger partial charge in [0, 0.05) is 0 Å². The van der Waals surface area contributed by atoms with Crippen LogP contribution in [-0.2, 0) is 4.74 Å². The number of benzene rings is 1. The molecule has 0 radical (unpaired) electrons. The van der Waals surface area contributed by atoms with Gasteiger partial charge < -0.3 is 9.47 Å². The average Bonchev–Trinajstić information content (AvgIpc) is 3.07. The molecule has 0 saturated carbocycles. The van der Waals surface area contributed by atoms with Crippen LogP contribution >= 0.6 is 11.6 Å². The standard InChI is InChI=1S/C14H19ClO2/c1-4-12-14(17-12)7-9(2)10-5-6-13(16-3)11(15)8-10/h5-6,8-9,12,14H,4,7H2,1-3H3. The van der Waals surface area contributed by atoms with Gasteiger partial charge in [-0.25, -0.2) is 0 Å². The van der Waals surface area contributed by atoms with E-state index < -0.39 is 0 Å². The zero-order valence-corrected chi connectivity index (χ0v) is 11.3. The molecular weight excluding hydrogens is 236 g/mol. The minimum atomic E-state index is 0.441. The highest BCUT2D eigenvalue weighted by molar-refractivity contribution is 6.32. The topological polar surface area (TPSA) is 21.8 Å². The monoisotopic (exact) mass is 254 g/mol. The fourth-order valence-corrected chi connectivity index (χ4v) is 2.49. The SMILES string of the molecule is CCC1OC1CC(C)c1ccc(OC)c(Cl)c1. The van der Waals surface area contributed by atoms with Gasteiger partial charge in [-0.05, 0) is 36.5 Å². The van der Waals surface area contributed by atoms with Gasteiger partial charge in [0.1, 0.15) is 5.75 Å². The number of hydrogen-bond donors (Lipinski definition) is 0. The van der Waals surface area contributed by atoms with Crippen LogP contribution in [0.4, 0.5) is 0 Å². The molecule has 0 bridgehead atoms. The fourth-order valence-electron chi connectivity index (χ4n) is 2.22. The average molecular weight is 255 g/mol. The summed E-state index contributed by atoms with van der Waals surface area (Å²) in [6.45, 7) is 4.38. The molecule has 2 rings (SSSR count). The molecular formula is C14H19ClO2. The first kappa shape index (κ1) is 12.7. The van der Waals surface area contributed by atoms with Crippen molar-refractivity contribution in [1.29, 1.82) is 0 Å². The van der Waals surface area contributed by atoms with Crippen molar-refractivity contribution in [3.05, 3.63) is 28.8 Å². The highest BCUT2D eigenvalue weighted by Gasteiger charge is 2.37. The van der Waals surface area contributed by atoms with E-state index in [0.29, 0.717) is 23.1 Å². The van der Waals surface area contributed by atoms with Crippen molar-refractivity contribution in [2.24, 2.45) is 0 Å². The number of hydrogen-bond acceptors (Lipinski definition) is 2. The maximum atomic E-state index is 6.13. The Balaban J connectivity index is 1.99. The van der Waals surface area contributed by atoms with Crippen molar-refractivity contribution in [1.82, 2.24) is 0 Å². The molecule has 0 aromatic heterocycles. The first-order valence-corrected chi connectivity index (χ1v) is 6.52. The Morgan fingerprint density at radius 1 is 1.41 bits per heavy atom. The highest BCUT2D eigenvalue weighted by Crippen LogP contribution is 2.36. The number of halogens is 1. The molecule has 2 nitrogen and oxygen atoms in total. The van der Waals surface area contributed by atoms with Crippen molar-refractivity contribution in [3.8, 4) is 5.75 Å². The Bertz CT molecular complexity index is 392. The number of ether oxygens (including phenoxy) is 2. The maximum Gasteiger partial charge on any atom is 0.137 e. The van der Waals surface area contributed by atoms with Gasteiger partial charge in [0.05, 0.1) is 24.3 Å². The van der Waals surface area contributed by atoms with Crippen LogP contribution in [0.5, 0.6) is 5.75 Å². The lowest BCUT2D eigenvalue weighted by atomic mass is 9.95. The summed E-state index contributed by atoms with van der Waals surface area (Å²) in [6.07, 6.45) is 3.10. The van der Waals surface area contributed by atoms with Crippen LogP contribution in [-0.4, -0.2) is 19.3 Å². The summed E-state index contributed by atoms with van der Waals surface area (Å²) in [6, 6.07) is 6.01. The Morgan fingerprint density at radius 3 is 2.71 bits per heavy atom. The second-order valence-corrected chi connectivity index (χ2v) is 5.06.